The number of H-pyrrole nitrogens is 1. The minimum absolute atomic E-state index is 0.0339. The molecule has 0 saturated carbocycles. The summed E-state index contributed by atoms with van der Waals surface area (Å²) in [6.07, 6.45) is -4.17. The molecule has 6 heteroatoms. The molecule has 1 amide bonds. The summed E-state index contributed by atoms with van der Waals surface area (Å²) in [5.74, 6) is -0.588. The maximum absolute atomic E-state index is 14.0. The molecule has 0 radical (unpaired) electrons. The minimum Gasteiger partial charge on any atom is -0.356 e. The molecule has 3 nitrogen and oxygen atoms in total. The molecular weight excluding hydrogens is 341 g/mol. The lowest BCUT2D eigenvalue weighted by atomic mass is 9.95. The van der Waals surface area contributed by atoms with Gasteiger partial charge in [0, 0.05) is 23.0 Å². The van der Waals surface area contributed by atoms with Gasteiger partial charge in [-0.25, -0.2) is 0 Å². The van der Waals surface area contributed by atoms with Crippen LogP contribution in [0.15, 0.2) is 48.5 Å². The number of amides is 1. The molecule has 1 aliphatic rings. The van der Waals surface area contributed by atoms with E-state index in [2.05, 4.69) is 4.98 Å². The van der Waals surface area contributed by atoms with Gasteiger partial charge in [-0.1, -0.05) is 36.4 Å². The number of fused-ring (bicyclic) bond motifs is 3. The first-order valence-electron chi connectivity index (χ1n) is 8.40. The van der Waals surface area contributed by atoms with Crippen LogP contribution in [0.1, 0.15) is 33.2 Å². The molecule has 1 aromatic heterocycles. The third-order valence-electron chi connectivity index (χ3n) is 4.98. The largest absolute Gasteiger partial charge is 0.414 e. The monoisotopic (exact) mass is 358 g/mol. The predicted molar refractivity (Wildman–Crippen MR) is 93.0 cm³/mol. The summed E-state index contributed by atoms with van der Waals surface area (Å²) >= 11 is 0. The molecule has 0 saturated heterocycles. The summed E-state index contributed by atoms with van der Waals surface area (Å²) in [6, 6.07) is 11.9. The number of aromatic nitrogens is 1. The van der Waals surface area contributed by atoms with Gasteiger partial charge in [0.1, 0.15) is 0 Å². The van der Waals surface area contributed by atoms with Crippen LogP contribution < -0.4 is 0 Å². The second-order valence-electron chi connectivity index (χ2n) is 6.57. The smallest absolute Gasteiger partial charge is 0.356 e. The van der Waals surface area contributed by atoms with E-state index in [1.54, 1.807) is 43.3 Å². The van der Waals surface area contributed by atoms with Crippen molar-refractivity contribution < 1.29 is 18.0 Å². The summed E-state index contributed by atoms with van der Waals surface area (Å²) in [4.78, 5) is 16.8. The SMILES string of the molecule is Cc1ccccc1C(=O)N1CCc2c([nH]c3ccccc23)[C@@H]1C(F)(F)F. The average Bonchev–Trinajstić information content (AvgIpc) is 2.98. The third kappa shape index (κ3) is 2.57. The van der Waals surface area contributed by atoms with Crippen molar-refractivity contribution >= 4 is 16.8 Å². The summed E-state index contributed by atoms with van der Waals surface area (Å²) in [6.45, 7) is 1.76. The zero-order valence-corrected chi connectivity index (χ0v) is 14.1. The maximum Gasteiger partial charge on any atom is 0.414 e. The van der Waals surface area contributed by atoms with E-state index < -0.39 is 18.1 Å². The van der Waals surface area contributed by atoms with Crippen molar-refractivity contribution in [2.24, 2.45) is 0 Å². The highest BCUT2D eigenvalue weighted by atomic mass is 19.4. The number of hydrogen-bond acceptors (Lipinski definition) is 1. The third-order valence-corrected chi connectivity index (χ3v) is 4.98. The van der Waals surface area contributed by atoms with Crippen LogP contribution in [0.4, 0.5) is 13.2 Å². The van der Waals surface area contributed by atoms with E-state index in [-0.39, 0.29) is 12.2 Å². The lowest BCUT2D eigenvalue weighted by Gasteiger charge is -2.37. The fraction of sp³-hybridized carbons (Fsp3) is 0.250. The van der Waals surface area contributed by atoms with Gasteiger partial charge in [-0.3, -0.25) is 4.79 Å². The van der Waals surface area contributed by atoms with Crippen molar-refractivity contribution in [1.29, 1.82) is 0 Å². The first-order valence-corrected chi connectivity index (χ1v) is 8.40. The van der Waals surface area contributed by atoms with Gasteiger partial charge in [0.05, 0.1) is 5.69 Å². The number of hydrogen-bond donors (Lipinski definition) is 1. The maximum atomic E-state index is 14.0. The van der Waals surface area contributed by atoms with Gasteiger partial charge < -0.3 is 9.88 Å². The number of halogens is 3. The molecule has 0 fully saturated rings. The van der Waals surface area contributed by atoms with Crippen LogP contribution in [0, 0.1) is 6.92 Å². The summed E-state index contributed by atoms with van der Waals surface area (Å²) < 4.78 is 41.9. The lowest BCUT2D eigenvalue weighted by molar-refractivity contribution is -0.182. The van der Waals surface area contributed by atoms with Gasteiger partial charge in [0.2, 0.25) is 0 Å². The first-order chi connectivity index (χ1) is 12.4. The molecule has 1 N–H and O–H groups in total. The second kappa shape index (κ2) is 5.90. The fourth-order valence-electron chi connectivity index (χ4n) is 3.77. The predicted octanol–water partition coefficient (Wildman–Crippen LogP) is 4.78. The molecule has 0 bridgehead atoms. The summed E-state index contributed by atoms with van der Waals surface area (Å²) in [5, 5.41) is 0.791. The molecule has 0 spiro atoms. The zero-order chi connectivity index (χ0) is 18.5. The van der Waals surface area contributed by atoms with Crippen LogP contribution in [0.3, 0.4) is 0 Å². The quantitative estimate of drug-likeness (QED) is 0.668. The zero-order valence-electron chi connectivity index (χ0n) is 14.1. The Hall–Kier alpha value is -2.76. The van der Waals surface area contributed by atoms with E-state index >= 15 is 0 Å². The van der Waals surface area contributed by atoms with E-state index in [0.29, 0.717) is 28.6 Å². The van der Waals surface area contributed by atoms with Gasteiger partial charge in [-0.2, -0.15) is 13.2 Å². The highest BCUT2D eigenvalue weighted by Gasteiger charge is 2.50. The van der Waals surface area contributed by atoms with E-state index in [4.69, 9.17) is 0 Å². The first kappa shape index (κ1) is 16.7. The number of aryl methyl sites for hydroxylation is 1. The van der Waals surface area contributed by atoms with Crippen molar-refractivity contribution in [2.75, 3.05) is 6.54 Å². The van der Waals surface area contributed by atoms with E-state index in [0.717, 1.165) is 10.3 Å². The number of carbonyl (C=O) groups excluding carboxylic acids is 1. The Morgan fingerprint density at radius 3 is 2.54 bits per heavy atom. The Morgan fingerprint density at radius 2 is 1.81 bits per heavy atom. The molecule has 1 aliphatic heterocycles. The molecule has 1 atom stereocenters. The van der Waals surface area contributed by atoms with Crippen molar-refractivity contribution in [3.05, 3.63) is 70.9 Å². The molecular formula is C20H17F3N2O. The van der Waals surface area contributed by atoms with Crippen molar-refractivity contribution in [3.8, 4) is 0 Å². The Balaban J connectivity index is 1.84. The van der Waals surface area contributed by atoms with Crippen molar-refractivity contribution in [3.63, 3.8) is 0 Å². The molecule has 4 rings (SSSR count). The van der Waals surface area contributed by atoms with Gasteiger partial charge >= 0.3 is 6.18 Å². The highest BCUT2D eigenvalue weighted by molar-refractivity contribution is 5.96. The molecule has 2 heterocycles. The van der Waals surface area contributed by atoms with Gasteiger partial charge in [-0.05, 0) is 36.6 Å². The number of nitrogens with zero attached hydrogens (tertiary/aromatic N) is 1. The normalized spacial score (nSPS) is 17.4. The Bertz CT molecular complexity index is 990. The van der Waals surface area contributed by atoms with Crippen LogP contribution in [-0.2, 0) is 6.42 Å². The second-order valence-corrected chi connectivity index (χ2v) is 6.57. The Kier molecular flexibility index (Phi) is 3.79. The van der Waals surface area contributed by atoms with Crippen LogP contribution in [0.2, 0.25) is 0 Å². The van der Waals surface area contributed by atoms with E-state index in [1.165, 1.54) is 0 Å². The average molecular weight is 358 g/mol. The summed E-state index contributed by atoms with van der Waals surface area (Å²) in [7, 11) is 0. The van der Waals surface area contributed by atoms with Gasteiger partial charge in [-0.15, -0.1) is 0 Å². The lowest BCUT2D eigenvalue weighted by Crippen LogP contribution is -2.46. The number of nitrogens with one attached hydrogen (secondary N) is 1. The van der Waals surface area contributed by atoms with Crippen LogP contribution in [-0.4, -0.2) is 28.5 Å². The number of aromatic amines is 1. The van der Waals surface area contributed by atoms with Crippen LogP contribution >= 0.6 is 0 Å². The molecule has 0 unspecified atom stereocenters. The number of para-hydroxylation sites is 1. The van der Waals surface area contributed by atoms with Gasteiger partial charge in [0.15, 0.2) is 6.04 Å². The van der Waals surface area contributed by atoms with Crippen LogP contribution in [0.25, 0.3) is 10.9 Å². The standard InChI is InChI=1S/C20H17F3N2O/c1-12-6-2-3-7-13(12)19(26)25-11-10-15-14-8-4-5-9-16(14)24-17(15)18(25)20(21,22)23/h2-9,18,24H,10-11H2,1H3/t18-/m1/s1. The summed E-state index contributed by atoms with van der Waals surface area (Å²) in [5.41, 5.74) is 2.36. The van der Waals surface area contributed by atoms with Crippen LogP contribution in [0.5, 0.6) is 0 Å². The molecule has 26 heavy (non-hydrogen) atoms. The fourth-order valence-corrected chi connectivity index (χ4v) is 3.77. The number of benzene rings is 2. The Labute approximate surface area is 148 Å². The Morgan fingerprint density at radius 1 is 1.12 bits per heavy atom. The van der Waals surface area contributed by atoms with Crippen molar-refractivity contribution in [2.45, 2.75) is 25.6 Å². The molecule has 3 aromatic rings. The van der Waals surface area contributed by atoms with E-state index in [9.17, 15) is 18.0 Å². The molecule has 134 valence electrons. The number of rotatable bonds is 1. The topological polar surface area (TPSA) is 36.1 Å². The van der Waals surface area contributed by atoms with Crippen molar-refractivity contribution in [1.82, 2.24) is 9.88 Å². The number of carbonyl (C=O) groups is 1. The molecule has 2 aromatic carbocycles. The highest BCUT2D eigenvalue weighted by Crippen LogP contribution is 2.44. The van der Waals surface area contributed by atoms with E-state index in [1.807, 2.05) is 12.1 Å². The molecule has 0 aliphatic carbocycles. The number of alkyl halides is 3. The van der Waals surface area contributed by atoms with Gasteiger partial charge in [0.25, 0.3) is 5.91 Å². The minimum atomic E-state index is -4.56.